The number of nitrogens with zero attached hydrogens (tertiary/aromatic N) is 3. The van der Waals surface area contributed by atoms with Crippen LogP contribution >= 0.6 is 0 Å². The molecule has 7 heteroatoms. The summed E-state index contributed by atoms with van der Waals surface area (Å²) in [6.45, 7) is 3.75. The Bertz CT molecular complexity index is 881. The lowest BCUT2D eigenvalue weighted by Crippen LogP contribution is -2.59. The molecule has 2 aliphatic heterocycles. The molecule has 2 bridgehead atoms. The number of nitrogens with one attached hydrogen (secondary N) is 1. The molecular weight excluding hydrogens is 347 g/mol. The summed E-state index contributed by atoms with van der Waals surface area (Å²) in [4.78, 5) is 0. The van der Waals surface area contributed by atoms with E-state index in [9.17, 15) is 20.2 Å². The van der Waals surface area contributed by atoms with E-state index in [4.69, 9.17) is 14.9 Å². The molecule has 0 spiro atoms. The zero-order chi connectivity index (χ0) is 19.9. The number of hydrogen-bond acceptors (Lipinski definition) is 6. The van der Waals surface area contributed by atoms with Gasteiger partial charge in [-0.05, 0) is 30.5 Å². The van der Waals surface area contributed by atoms with Gasteiger partial charge < -0.3 is 9.47 Å². The maximum absolute atomic E-state index is 13.4. The van der Waals surface area contributed by atoms with Crippen molar-refractivity contribution in [1.82, 2.24) is 0 Å². The van der Waals surface area contributed by atoms with Crippen LogP contribution in [0.2, 0.25) is 0 Å². The molecule has 2 heterocycles. The van der Waals surface area contributed by atoms with Crippen LogP contribution < -0.4 is 0 Å². The Kier molecular flexibility index (Phi) is 4.42. The summed E-state index contributed by atoms with van der Waals surface area (Å²) in [6, 6.07) is 11.4. The summed E-state index contributed by atoms with van der Waals surface area (Å²) < 4.78 is 25.5. The lowest BCUT2D eigenvalue weighted by molar-refractivity contribution is -0.286. The summed E-state index contributed by atoms with van der Waals surface area (Å²) in [5.41, 5.74) is -3.37. The molecule has 0 radical (unpaired) electrons. The van der Waals surface area contributed by atoms with Gasteiger partial charge in [0, 0.05) is 6.42 Å². The third-order valence-corrected chi connectivity index (χ3v) is 5.73. The molecule has 4 atom stereocenters. The number of ether oxygens (including phenoxy) is 2. The highest BCUT2D eigenvalue weighted by Crippen LogP contribution is 2.68. The molecule has 6 nitrogen and oxygen atoms in total. The highest BCUT2D eigenvalue weighted by molar-refractivity contribution is 5.89. The predicted octanol–water partition coefficient (Wildman–Crippen LogP) is 3.97. The number of halogens is 1. The molecule has 1 N–H and O–H groups in total. The molecule has 0 aliphatic carbocycles. The first-order chi connectivity index (χ1) is 12.9. The number of fused-ring (bicyclic) bond motifs is 2. The second-order valence-corrected chi connectivity index (χ2v) is 6.95. The third-order valence-electron chi connectivity index (χ3n) is 5.73. The van der Waals surface area contributed by atoms with Crippen molar-refractivity contribution in [3.8, 4) is 18.2 Å². The Balaban J connectivity index is 2.33. The van der Waals surface area contributed by atoms with E-state index in [1.54, 1.807) is 0 Å². The van der Waals surface area contributed by atoms with Crippen molar-refractivity contribution in [2.24, 2.45) is 16.7 Å². The summed E-state index contributed by atoms with van der Waals surface area (Å²) in [6.07, 6.45) is 0.317. The molecule has 0 aromatic heterocycles. The molecule has 2 aliphatic rings. The second kappa shape index (κ2) is 6.34. The van der Waals surface area contributed by atoms with Gasteiger partial charge >= 0.3 is 0 Å². The Labute approximate surface area is 157 Å². The first kappa shape index (κ1) is 18.8. The van der Waals surface area contributed by atoms with Crippen molar-refractivity contribution in [2.75, 3.05) is 0 Å². The fraction of sp³-hybridized carbons (Fsp3) is 0.500. The Morgan fingerprint density at radius 3 is 2.22 bits per heavy atom. The van der Waals surface area contributed by atoms with Crippen molar-refractivity contribution in [3.05, 3.63) is 35.6 Å². The molecule has 2 fully saturated rings. The van der Waals surface area contributed by atoms with E-state index in [1.807, 2.05) is 26.0 Å². The number of hydrogen-bond donors (Lipinski definition) is 1. The first-order valence-corrected chi connectivity index (χ1v) is 8.86. The molecule has 1 aromatic rings. The van der Waals surface area contributed by atoms with Crippen LogP contribution in [0.1, 0.15) is 44.8 Å². The fourth-order valence-electron chi connectivity index (χ4n) is 4.61. The van der Waals surface area contributed by atoms with E-state index in [1.165, 1.54) is 24.3 Å². The number of rotatable bonds is 4. The van der Waals surface area contributed by atoms with Crippen LogP contribution in [0.5, 0.6) is 0 Å². The minimum absolute atomic E-state index is 0.396. The molecule has 0 saturated carbocycles. The highest BCUT2D eigenvalue weighted by Gasteiger charge is 2.79. The minimum atomic E-state index is -1.99. The van der Waals surface area contributed by atoms with E-state index >= 15 is 0 Å². The van der Waals surface area contributed by atoms with Crippen molar-refractivity contribution in [3.63, 3.8) is 0 Å². The number of nitriles is 3. The second-order valence-electron chi connectivity index (χ2n) is 6.95. The van der Waals surface area contributed by atoms with Crippen LogP contribution in [-0.4, -0.2) is 11.7 Å². The van der Waals surface area contributed by atoms with Crippen LogP contribution in [0.3, 0.4) is 0 Å². The molecule has 27 heavy (non-hydrogen) atoms. The first-order valence-electron chi connectivity index (χ1n) is 8.86. The zero-order valence-electron chi connectivity index (χ0n) is 15.1. The van der Waals surface area contributed by atoms with E-state index in [0.29, 0.717) is 24.8 Å². The third kappa shape index (κ3) is 2.14. The van der Waals surface area contributed by atoms with Crippen LogP contribution in [0.4, 0.5) is 4.39 Å². The van der Waals surface area contributed by atoms with E-state index in [-0.39, 0.29) is 0 Å². The molecule has 0 amide bonds. The average Bonchev–Trinajstić information content (AvgIpc) is 2.86. The van der Waals surface area contributed by atoms with Crippen LogP contribution in [-0.2, 0) is 9.47 Å². The lowest BCUT2D eigenvalue weighted by atomic mass is 9.52. The van der Waals surface area contributed by atoms with Crippen molar-refractivity contribution >= 4 is 5.90 Å². The van der Waals surface area contributed by atoms with Gasteiger partial charge in [-0.15, -0.1) is 0 Å². The van der Waals surface area contributed by atoms with Gasteiger partial charge in [-0.3, -0.25) is 5.41 Å². The predicted molar refractivity (Wildman–Crippen MR) is 92.2 cm³/mol. The Morgan fingerprint density at radius 1 is 1.11 bits per heavy atom. The fourth-order valence-corrected chi connectivity index (χ4v) is 4.61. The van der Waals surface area contributed by atoms with Gasteiger partial charge in [0.25, 0.3) is 0 Å². The van der Waals surface area contributed by atoms with E-state index in [2.05, 4.69) is 6.07 Å². The van der Waals surface area contributed by atoms with Crippen LogP contribution in [0.15, 0.2) is 24.3 Å². The van der Waals surface area contributed by atoms with Gasteiger partial charge in [0.15, 0.2) is 5.41 Å². The van der Waals surface area contributed by atoms with Crippen molar-refractivity contribution in [1.29, 1.82) is 21.2 Å². The molecule has 138 valence electrons. The minimum Gasteiger partial charge on any atom is -0.447 e. The normalized spacial score (nSPS) is 33.4. The summed E-state index contributed by atoms with van der Waals surface area (Å²) in [5, 5.41) is 38.7. The molecular formula is C20H19FN4O2. The Morgan fingerprint density at radius 2 is 1.74 bits per heavy atom. The van der Waals surface area contributed by atoms with Gasteiger partial charge in [-0.2, -0.15) is 15.8 Å². The van der Waals surface area contributed by atoms with Gasteiger partial charge in [0.2, 0.25) is 17.1 Å². The topological polar surface area (TPSA) is 114 Å². The van der Waals surface area contributed by atoms with Gasteiger partial charge in [0.1, 0.15) is 11.9 Å². The largest absolute Gasteiger partial charge is 0.447 e. The van der Waals surface area contributed by atoms with Crippen LogP contribution in [0, 0.1) is 62.0 Å². The highest BCUT2D eigenvalue weighted by atomic mass is 19.1. The van der Waals surface area contributed by atoms with E-state index in [0.717, 1.165) is 0 Å². The van der Waals surface area contributed by atoms with Crippen molar-refractivity contribution in [2.45, 2.75) is 45.0 Å². The molecule has 1 aromatic carbocycles. The van der Waals surface area contributed by atoms with Crippen molar-refractivity contribution < 1.29 is 13.9 Å². The lowest BCUT2D eigenvalue weighted by Gasteiger charge is -2.49. The molecule has 3 rings (SSSR count). The monoisotopic (exact) mass is 366 g/mol. The molecule has 4 unspecified atom stereocenters. The molecule has 2 saturated heterocycles. The summed E-state index contributed by atoms with van der Waals surface area (Å²) in [7, 11) is 0. The van der Waals surface area contributed by atoms with Gasteiger partial charge in [0.05, 0.1) is 24.1 Å². The van der Waals surface area contributed by atoms with E-state index < -0.39 is 40.4 Å². The zero-order valence-corrected chi connectivity index (χ0v) is 15.1. The SMILES string of the molecule is CCCC12OC(=N)C(C#N)(C1CC)C(C#N)(C#N)C(c1ccc(F)cc1)O2. The quantitative estimate of drug-likeness (QED) is 0.866. The summed E-state index contributed by atoms with van der Waals surface area (Å²) >= 11 is 0. The Hall–Kier alpha value is -2.95. The van der Waals surface area contributed by atoms with Crippen LogP contribution in [0.25, 0.3) is 0 Å². The number of benzene rings is 1. The smallest absolute Gasteiger partial charge is 0.217 e. The maximum Gasteiger partial charge on any atom is 0.217 e. The van der Waals surface area contributed by atoms with Gasteiger partial charge in [-0.25, -0.2) is 4.39 Å². The summed E-state index contributed by atoms with van der Waals surface area (Å²) in [5.74, 6) is -2.78. The standard InChI is InChI=1S/C20H19FN4O2/c1-3-9-20-15(4-2)19(12-24,17(25)27-20)18(10-22,11-23)16(26-20)13-5-7-14(21)8-6-13/h5-8,15-16,25H,3-4,9H2,1-2H3. The average molecular weight is 366 g/mol. The van der Waals surface area contributed by atoms with Gasteiger partial charge in [-0.1, -0.05) is 26.0 Å². The maximum atomic E-state index is 13.4.